The number of fused-ring (bicyclic) bond motifs is 1. The number of carbonyl (C=O) groups is 2. The number of amides is 2. The summed E-state index contributed by atoms with van der Waals surface area (Å²) in [6, 6.07) is 12.0. The molecule has 9 heteroatoms. The van der Waals surface area contributed by atoms with Gasteiger partial charge < -0.3 is 24.6 Å². The average molecular weight is 546 g/mol. The molecule has 2 fully saturated rings. The normalized spacial score (nSPS) is 22.0. The number of benzene rings is 1. The molecule has 2 amide bonds. The largest absolute Gasteiger partial charge is 0.474 e. The smallest absolute Gasteiger partial charge is 0.410 e. The Kier molecular flexibility index (Phi) is 8.55. The van der Waals surface area contributed by atoms with Gasteiger partial charge in [-0.15, -0.1) is 0 Å². The van der Waals surface area contributed by atoms with Crippen LogP contribution in [0.2, 0.25) is 0 Å². The van der Waals surface area contributed by atoms with E-state index in [1.165, 1.54) is 11.1 Å². The Morgan fingerprint density at radius 3 is 2.52 bits per heavy atom. The molecule has 2 saturated heterocycles. The SMILES string of the molecule is CC(C)OC(=O)N1CCC(C(C)Oc2ccc(-c3ccc4c(c3)CN[C@H](C(=O)N3CCC[C@H]3C#N)C4)cn2)CC1. The van der Waals surface area contributed by atoms with Crippen molar-refractivity contribution in [2.24, 2.45) is 5.92 Å². The minimum atomic E-state index is -0.297. The van der Waals surface area contributed by atoms with Crippen LogP contribution in [0.25, 0.3) is 11.1 Å². The number of likely N-dealkylation sites (tertiary alicyclic amines) is 2. The Morgan fingerprint density at radius 2 is 1.82 bits per heavy atom. The van der Waals surface area contributed by atoms with Crippen LogP contribution in [0.15, 0.2) is 36.5 Å². The van der Waals surface area contributed by atoms with Gasteiger partial charge in [0.25, 0.3) is 0 Å². The van der Waals surface area contributed by atoms with E-state index in [2.05, 4.69) is 41.5 Å². The molecular weight excluding hydrogens is 506 g/mol. The van der Waals surface area contributed by atoms with Crippen LogP contribution >= 0.6 is 0 Å². The first kappa shape index (κ1) is 27.9. The second-order valence-electron chi connectivity index (χ2n) is 11.4. The number of hydrogen-bond acceptors (Lipinski definition) is 7. The second-order valence-corrected chi connectivity index (χ2v) is 11.4. The fourth-order valence-electron chi connectivity index (χ4n) is 5.97. The predicted octanol–water partition coefficient (Wildman–Crippen LogP) is 4.30. The molecule has 9 nitrogen and oxygen atoms in total. The third-order valence-corrected chi connectivity index (χ3v) is 8.33. The van der Waals surface area contributed by atoms with Crippen molar-refractivity contribution in [2.75, 3.05) is 19.6 Å². The summed E-state index contributed by atoms with van der Waals surface area (Å²) in [6.45, 7) is 8.44. The lowest BCUT2D eigenvalue weighted by atomic mass is 9.92. The highest BCUT2D eigenvalue weighted by Gasteiger charge is 2.34. The van der Waals surface area contributed by atoms with E-state index < -0.39 is 0 Å². The van der Waals surface area contributed by atoms with Gasteiger partial charge in [-0.3, -0.25) is 4.79 Å². The van der Waals surface area contributed by atoms with Crippen molar-refractivity contribution in [1.29, 1.82) is 5.26 Å². The summed E-state index contributed by atoms with van der Waals surface area (Å²) in [7, 11) is 0. The van der Waals surface area contributed by atoms with Crippen LogP contribution in [-0.4, -0.2) is 70.7 Å². The Hall–Kier alpha value is -3.64. The summed E-state index contributed by atoms with van der Waals surface area (Å²) in [5.74, 6) is 0.980. The van der Waals surface area contributed by atoms with Crippen molar-refractivity contribution < 1.29 is 19.1 Å². The first-order valence-electron chi connectivity index (χ1n) is 14.5. The van der Waals surface area contributed by atoms with E-state index in [1.54, 1.807) is 9.80 Å². The molecule has 2 aromatic rings. The topological polar surface area (TPSA) is 108 Å². The van der Waals surface area contributed by atoms with Crippen LogP contribution < -0.4 is 10.1 Å². The minimum Gasteiger partial charge on any atom is -0.474 e. The zero-order valence-corrected chi connectivity index (χ0v) is 23.6. The molecule has 0 aliphatic carbocycles. The van der Waals surface area contributed by atoms with E-state index in [0.717, 1.165) is 36.8 Å². The van der Waals surface area contributed by atoms with Gasteiger partial charge >= 0.3 is 6.09 Å². The number of rotatable bonds is 6. The minimum absolute atomic E-state index is 0.00362. The van der Waals surface area contributed by atoms with E-state index in [1.807, 2.05) is 32.2 Å². The second kappa shape index (κ2) is 12.3. The van der Waals surface area contributed by atoms with E-state index in [4.69, 9.17) is 9.47 Å². The monoisotopic (exact) mass is 545 g/mol. The van der Waals surface area contributed by atoms with Gasteiger partial charge in [0.2, 0.25) is 11.8 Å². The van der Waals surface area contributed by atoms with Crippen LogP contribution in [0.1, 0.15) is 57.6 Å². The van der Waals surface area contributed by atoms with Crippen LogP contribution in [0.4, 0.5) is 4.79 Å². The summed E-state index contributed by atoms with van der Waals surface area (Å²) < 4.78 is 11.5. The van der Waals surface area contributed by atoms with Crippen molar-refractivity contribution in [3.8, 4) is 23.1 Å². The van der Waals surface area contributed by atoms with Gasteiger partial charge in [-0.05, 0) is 87.6 Å². The maximum atomic E-state index is 13.0. The molecule has 1 N–H and O–H groups in total. The van der Waals surface area contributed by atoms with Crippen molar-refractivity contribution in [3.63, 3.8) is 0 Å². The van der Waals surface area contributed by atoms with Gasteiger partial charge in [-0.1, -0.05) is 12.1 Å². The van der Waals surface area contributed by atoms with Gasteiger partial charge in [0.1, 0.15) is 12.1 Å². The van der Waals surface area contributed by atoms with Crippen molar-refractivity contribution in [1.82, 2.24) is 20.1 Å². The summed E-state index contributed by atoms with van der Waals surface area (Å²) in [6.07, 6.45) is 5.53. The van der Waals surface area contributed by atoms with Gasteiger partial charge in [0.05, 0.1) is 18.2 Å². The van der Waals surface area contributed by atoms with E-state index in [9.17, 15) is 14.9 Å². The van der Waals surface area contributed by atoms with Gasteiger partial charge in [0.15, 0.2) is 0 Å². The first-order valence-corrected chi connectivity index (χ1v) is 14.5. The van der Waals surface area contributed by atoms with E-state index in [-0.39, 0.29) is 36.3 Å². The zero-order valence-electron chi connectivity index (χ0n) is 23.6. The standard InChI is InChI=1S/C31H39N5O4/c1-20(2)39-31(38)35-13-10-22(11-14-35)21(3)40-29-9-8-25(18-34-29)23-6-7-24-16-28(33-19-26(24)15-23)30(37)36-12-4-5-27(36)17-32/h6-9,15,18,20-22,27-28,33H,4-5,10-14,16,19H2,1-3H3/t21?,27-,28-/m0/s1. The molecule has 212 valence electrons. The number of ether oxygens (including phenoxy) is 2. The highest BCUT2D eigenvalue weighted by Crippen LogP contribution is 2.29. The Bertz CT molecular complexity index is 1250. The fraction of sp³-hybridized carbons (Fsp3) is 0.548. The molecule has 0 spiro atoms. The maximum Gasteiger partial charge on any atom is 0.410 e. The van der Waals surface area contributed by atoms with Crippen LogP contribution in [-0.2, 0) is 22.5 Å². The first-order chi connectivity index (χ1) is 19.3. The van der Waals surface area contributed by atoms with Crippen LogP contribution in [0.5, 0.6) is 5.88 Å². The van der Waals surface area contributed by atoms with Crippen LogP contribution in [0, 0.1) is 17.2 Å². The van der Waals surface area contributed by atoms with E-state index >= 15 is 0 Å². The van der Waals surface area contributed by atoms with Gasteiger partial charge in [0, 0.05) is 44.0 Å². The molecule has 0 saturated carbocycles. The lowest BCUT2D eigenvalue weighted by Crippen LogP contribution is -2.50. The number of piperidine rings is 1. The molecule has 0 bridgehead atoms. The molecule has 1 aromatic carbocycles. The lowest BCUT2D eigenvalue weighted by molar-refractivity contribution is -0.133. The number of nitriles is 1. The molecule has 40 heavy (non-hydrogen) atoms. The third-order valence-electron chi connectivity index (χ3n) is 8.33. The maximum absolute atomic E-state index is 13.0. The molecule has 4 heterocycles. The molecule has 5 rings (SSSR count). The van der Waals surface area contributed by atoms with Gasteiger partial charge in [-0.2, -0.15) is 5.26 Å². The number of aromatic nitrogens is 1. The summed E-state index contributed by atoms with van der Waals surface area (Å²) in [4.78, 5) is 33.3. The molecule has 0 radical (unpaired) electrons. The van der Waals surface area contributed by atoms with Crippen molar-refractivity contribution in [2.45, 2.75) is 83.7 Å². The number of carbonyl (C=O) groups excluding carboxylic acids is 2. The number of nitrogens with zero attached hydrogens (tertiary/aromatic N) is 4. The third kappa shape index (κ3) is 6.23. The molecule has 1 unspecified atom stereocenters. The molecule has 1 aromatic heterocycles. The predicted molar refractivity (Wildman–Crippen MR) is 150 cm³/mol. The average Bonchev–Trinajstić information content (AvgIpc) is 3.45. The quantitative estimate of drug-likeness (QED) is 0.577. The Labute approximate surface area is 236 Å². The highest BCUT2D eigenvalue weighted by atomic mass is 16.6. The van der Waals surface area contributed by atoms with Crippen molar-refractivity contribution in [3.05, 3.63) is 47.7 Å². The number of pyridine rings is 1. The molecule has 3 aliphatic rings. The summed E-state index contributed by atoms with van der Waals surface area (Å²) >= 11 is 0. The summed E-state index contributed by atoms with van der Waals surface area (Å²) in [5.41, 5.74) is 4.42. The lowest BCUT2D eigenvalue weighted by Gasteiger charge is -2.34. The molecule has 3 atom stereocenters. The molecule has 3 aliphatic heterocycles. The Balaban J connectivity index is 1.15. The van der Waals surface area contributed by atoms with Crippen LogP contribution in [0.3, 0.4) is 0 Å². The molecular formula is C31H39N5O4. The Morgan fingerprint density at radius 1 is 1.05 bits per heavy atom. The highest BCUT2D eigenvalue weighted by molar-refractivity contribution is 5.83. The number of hydrogen-bond donors (Lipinski definition) is 1. The zero-order chi connectivity index (χ0) is 28.2. The van der Waals surface area contributed by atoms with E-state index in [0.29, 0.717) is 44.4 Å². The van der Waals surface area contributed by atoms with Gasteiger partial charge in [-0.25, -0.2) is 9.78 Å². The number of nitrogens with one attached hydrogen (secondary N) is 1. The van der Waals surface area contributed by atoms with Crippen molar-refractivity contribution >= 4 is 12.0 Å². The fourth-order valence-corrected chi connectivity index (χ4v) is 5.97. The summed E-state index contributed by atoms with van der Waals surface area (Å²) in [5, 5.41) is 12.7.